The Balaban J connectivity index is 0.000000182. The number of rotatable bonds is 4. The van der Waals surface area contributed by atoms with Gasteiger partial charge < -0.3 is 8.83 Å². The van der Waals surface area contributed by atoms with Crippen molar-refractivity contribution < 1.29 is 8.83 Å². The van der Waals surface area contributed by atoms with E-state index in [0.29, 0.717) is 33.2 Å². The molecule has 0 atom stereocenters. The molecular formula is C24H18Cl2N4O2. The molecule has 0 saturated heterocycles. The number of hydrogen-bond acceptors (Lipinski definition) is 6. The number of nitriles is 2. The highest BCUT2D eigenvalue weighted by Crippen LogP contribution is 2.26. The summed E-state index contributed by atoms with van der Waals surface area (Å²) in [7, 11) is 0. The molecule has 0 unspecified atom stereocenters. The molecule has 0 amide bonds. The molecule has 0 aliphatic rings. The van der Waals surface area contributed by atoms with E-state index in [9.17, 15) is 0 Å². The molecule has 0 spiro atoms. The van der Waals surface area contributed by atoms with Crippen molar-refractivity contribution in [2.45, 2.75) is 25.7 Å². The van der Waals surface area contributed by atoms with Crippen LogP contribution in [0.5, 0.6) is 0 Å². The summed E-state index contributed by atoms with van der Waals surface area (Å²) in [6.45, 7) is 3.60. The van der Waals surface area contributed by atoms with Crippen molar-refractivity contribution in [3.63, 3.8) is 0 Å². The van der Waals surface area contributed by atoms with Crippen molar-refractivity contribution >= 4 is 23.2 Å². The third-order valence-corrected chi connectivity index (χ3v) is 4.92. The molecule has 32 heavy (non-hydrogen) atoms. The summed E-state index contributed by atoms with van der Waals surface area (Å²) in [4.78, 5) is 8.49. The second kappa shape index (κ2) is 10.2. The molecule has 0 radical (unpaired) electrons. The number of oxazole rings is 2. The third kappa shape index (κ3) is 5.76. The summed E-state index contributed by atoms with van der Waals surface area (Å²) < 4.78 is 10.6. The van der Waals surface area contributed by atoms with Crippen LogP contribution in [0.25, 0.3) is 22.9 Å². The zero-order valence-electron chi connectivity index (χ0n) is 17.3. The van der Waals surface area contributed by atoms with Crippen LogP contribution in [-0.2, 0) is 11.8 Å². The van der Waals surface area contributed by atoms with Crippen molar-refractivity contribution in [1.82, 2.24) is 9.97 Å². The monoisotopic (exact) mass is 464 g/mol. The molecular weight excluding hydrogens is 447 g/mol. The number of nitrogens with zero attached hydrogens (tertiary/aromatic N) is 4. The highest BCUT2D eigenvalue weighted by molar-refractivity contribution is 6.30. The molecule has 0 bridgehead atoms. The predicted molar refractivity (Wildman–Crippen MR) is 122 cm³/mol. The third-order valence-electron chi connectivity index (χ3n) is 4.42. The average molecular weight is 465 g/mol. The van der Waals surface area contributed by atoms with Gasteiger partial charge in [0.1, 0.15) is 12.5 Å². The summed E-state index contributed by atoms with van der Waals surface area (Å²) in [6, 6.07) is 18.6. The van der Waals surface area contributed by atoms with Gasteiger partial charge in [0, 0.05) is 21.2 Å². The van der Waals surface area contributed by atoms with Gasteiger partial charge in [0.15, 0.2) is 0 Å². The fourth-order valence-corrected chi connectivity index (χ4v) is 2.79. The lowest BCUT2D eigenvalue weighted by atomic mass is 9.92. The lowest BCUT2D eigenvalue weighted by molar-refractivity contribution is 0.565. The second-order valence-electron chi connectivity index (χ2n) is 7.27. The van der Waals surface area contributed by atoms with Gasteiger partial charge in [-0.25, -0.2) is 9.97 Å². The molecule has 0 N–H and O–H groups in total. The largest absolute Gasteiger partial charge is 0.444 e. The van der Waals surface area contributed by atoms with Gasteiger partial charge in [-0.3, -0.25) is 0 Å². The number of halogens is 2. The summed E-state index contributed by atoms with van der Waals surface area (Å²) in [6.07, 6.45) is 3.28. The summed E-state index contributed by atoms with van der Waals surface area (Å²) >= 11 is 11.6. The summed E-state index contributed by atoms with van der Waals surface area (Å²) in [5, 5.41) is 18.8. The lowest BCUT2D eigenvalue weighted by Gasteiger charge is -2.09. The van der Waals surface area contributed by atoms with Crippen LogP contribution in [0.2, 0.25) is 10.0 Å². The molecule has 4 rings (SSSR count). The van der Waals surface area contributed by atoms with Gasteiger partial charge in [0.2, 0.25) is 11.8 Å². The molecule has 0 fully saturated rings. The van der Waals surface area contributed by atoms with Crippen LogP contribution >= 0.6 is 23.2 Å². The standard InChI is InChI=1S/C13H11ClN2O.C11H7ClN2O/c1-13(2,8-15)11-7-17-12(16-11)9-3-5-10(14)6-4-9;12-9-3-1-8(2-4-9)11-14-10(5-6-13)7-15-11/h3-7H,1-2H3;1-4,7H,5H2. The quantitative estimate of drug-likeness (QED) is 0.327. The van der Waals surface area contributed by atoms with E-state index >= 15 is 0 Å². The maximum absolute atomic E-state index is 9.01. The van der Waals surface area contributed by atoms with Gasteiger partial charge >= 0.3 is 0 Å². The highest BCUT2D eigenvalue weighted by Gasteiger charge is 2.24. The smallest absolute Gasteiger partial charge is 0.226 e. The summed E-state index contributed by atoms with van der Waals surface area (Å²) in [5.41, 5.74) is 2.32. The Hall–Kier alpha value is -3.58. The van der Waals surface area contributed by atoms with Crippen molar-refractivity contribution in [3.05, 3.63) is 82.5 Å². The van der Waals surface area contributed by atoms with Crippen LogP contribution in [0.4, 0.5) is 0 Å². The van der Waals surface area contributed by atoms with E-state index < -0.39 is 5.41 Å². The molecule has 0 aliphatic heterocycles. The van der Waals surface area contributed by atoms with Crippen molar-refractivity contribution in [1.29, 1.82) is 10.5 Å². The van der Waals surface area contributed by atoms with Crippen molar-refractivity contribution in [2.24, 2.45) is 0 Å². The Morgan fingerprint density at radius 1 is 0.812 bits per heavy atom. The van der Waals surface area contributed by atoms with Gasteiger partial charge in [0.05, 0.1) is 35.4 Å². The Labute approximate surface area is 195 Å². The van der Waals surface area contributed by atoms with Gasteiger partial charge in [-0.05, 0) is 62.4 Å². The SMILES string of the molecule is CC(C)(C#N)c1coc(-c2ccc(Cl)cc2)n1.N#CCc1coc(-c2ccc(Cl)cc2)n1. The van der Waals surface area contributed by atoms with E-state index in [2.05, 4.69) is 16.0 Å². The van der Waals surface area contributed by atoms with Gasteiger partial charge in [-0.2, -0.15) is 10.5 Å². The fourth-order valence-electron chi connectivity index (χ4n) is 2.54. The predicted octanol–water partition coefficient (Wildman–Crippen LogP) is 6.86. The molecule has 2 aromatic carbocycles. The van der Waals surface area contributed by atoms with E-state index in [-0.39, 0.29) is 6.42 Å². The second-order valence-corrected chi connectivity index (χ2v) is 8.14. The van der Waals surface area contributed by atoms with Gasteiger partial charge in [-0.1, -0.05) is 23.2 Å². The highest BCUT2D eigenvalue weighted by atomic mass is 35.5. The molecule has 2 aromatic heterocycles. The minimum Gasteiger partial charge on any atom is -0.444 e. The molecule has 4 aromatic rings. The molecule has 6 nitrogen and oxygen atoms in total. The Kier molecular flexibility index (Phi) is 7.33. The van der Waals surface area contributed by atoms with Crippen LogP contribution in [0.15, 0.2) is 69.9 Å². The van der Waals surface area contributed by atoms with Crippen LogP contribution in [0.3, 0.4) is 0 Å². The first-order valence-electron chi connectivity index (χ1n) is 9.53. The van der Waals surface area contributed by atoms with Crippen LogP contribution in [0, 0.1) is 22.7 Å². The molecule has 0 saturated carbocycles. The van der Waals surface area contributed by atoms with Crippen molar-refractivity contribution in [3.8, 4) is 35.0 Å². The Morgan fingerprint density at radius 2 is 1.31 bits per heavy atom. The Bertz CT molecular complexity index is 1260. The average Bonchev–Trinajstić information content (AvgIpc) is 3.46. The summed E-state index contributed by atoms with van der Waals surface area (Å²) in [5.74, 6) is 1.01. The molecule has 0 aliphatic carbocycles. The van der Waals surface area contributed by atoms with E-state index in [4.69, 9.17) is 42.6 Å². The van der Waals surface area contributed by atoms with Crippen LogP contribution < -0.4 is 0 Å². The van der Waals surface area contributed by atoms with E-state index in [1.165, 1.54) is 12.5 Å². The molecule has 2 heterocycles. The molecule has 160 valence electrons. The number of hydrogen-bond donors (Lipinski definition) is 0. The first-order chi connectivity index (χ1) is 15.3. The first-order valence-corrected chi connectivity index (χ1v) is 10.3. The van der Waals surface area contributed by atoms with Gasteiger partial charge in [0.25, 0.3) is 0 Å². The topological polar surface area (TPSA) is 99.6 Å². The fraction of sp³-hybridized carbons (Fsp3) is 0.167. The zero-order chi connectivity index (χ0) is 23.1. The molecule has 8 heteroatoms. The Morgan fingerprint density at radius 3 is 1.81 bits per heavy atom. The van der Waals surface area contributed by atoms with E-state index in [1.807, 2.05) is 30.3 Å². The minimum atomic E-state index is -0.645. The van der Waals surface area contributed by atoms with Crippen molar-refractivity contribution in [2.75, 3.05) is 0 Å². The zero-order valence-corrected chi connectivity index (χ0v) is 18.9. The number of aromatic nitrogens is 2. The first kappa shape index (κ1) is 23.1. The van der Waals surface area contributed by atoms with E-state index in [0.717, 1.165) is 11.1 Å². The number of benzene rings is 2. The van der Waals surface area contributed by atoms with Crippen LogP contribution in [0.1, 0.15) is 25.2 Å². The maximum Gasteiger partial charge on any atom is 0.226 e. The normalized spacial score (nSPS) is 10.6. The maximum atomic E-state index is 9.01. The van der Waals surface area contributed by atoms with Crippen LogP contribution in [-0.4, -0.2) is 9.97 Å². The lowest BCUT2D eigenvalue weighted by Crippen LogP contribution is -2.14. The minimum absolute atomic E-state index is 0.261. The van der Waals surface area contributed by atoms with Gasteiger partial charge in [-0.15, -0.1) is 0 Å². The van der Waals surface area contributed by atoms with E-state index in [1.54, 1.807) is 38.1 Å².